The summed E-state index contributed by atoms with van der Waals surface area (Å²) in [5.41, 5.74) is 1.04. The number of rotatable bonds is 6. The van der Waals surface area contributed by atoms with Crippen molar-refractivity contribution in [3.05, 3.63) is 53.5 Å². The highest BCUT2D eigenvalue weighted by molar-refractivity contribution is 5.87. The fourth-order valence-corrected chi connectivity index (χ4v) is 1.70. The molecule has 0 unspecified atom stereocenters. The van der Waals surface area contributed by atoms with Gasteiger partial charge in [-0.15, -0.1) is 0 Å². The molecule has 0 saturated carbocycles. The maximum Gasteiger partial charge on any atom is 0.340 e. The third-order valence-corrected chi connectivity index (χ3v) is 2.74. The van der Waals surface area contributed by atoms with Gasteiger partial charge >= 0.3 is 5.97 Å². The van der Waals surface area contributed by atoms with Gasteiger partial charge in [0.2, 0.25) is 0 Å². The lowest BCUT2D eigenvalue weighted by molar-refractivity contribution is -0.132. The first-order valence-electron chi connectivity index (χ1n) is 6.11. The topological polar surface area (TPSA) is 54.0 Å². The van der Waals surface area contributed by atoms with E-state index in [-0.39, 0.29) is 0 Å². The van der Waals surface area contributed by atoms with Crippen LogP contribution in [0.1, 0.15) is 5.56 Å². The second-order valence-corrected chi connectivity index (χ2v) is 4.07. The SMILES string of the molecule is COC1=CC(=O)O/C1=C/COCc1ccc(OC)cc1. The Morgan fingerprint density at radius 2 is 1.90 bits per heavy atom. The zero-order valence-electron chi connectivity index (χ0n) is 11.4. The Morgan fingerprint density at radius 1 is 1.15 bits per heavy atom. The molecule has 1 aliphatic heterocycles. The van der Waals surface area contributed by atoms with E-state index in [1.165, 1.54) is 13.2 Å². The lowest BCUT2D eigenvalue weighted by Crippen LogP contribution is -1.97. The van der Waals surface area contributed by atoms with Gasteiger partial charge in [-0.25, -0.2) is 4.79 Å². The lowest BCUT2D eigenvalue weighted by Gasteiger charge is -2.05. The fraction of sp³-hybridized carbons (Fsp3) is 0.267. The Labute approximate surface area is 117 Å². The van der Waals surface area contributed by atoms with Gasteiger partial charge in [0.1, 0.15) is 5.75 Å². The predicted octanol–water partition coefficient (Wildman–Crippen LogP) is 2.18. The largest absolute Gasteiger partial charge is 0.497 e. The molecule has 0 amide bonds. The first-order valence-corrected chi connectivity index (χ1v) is 6.11. The van der Waals surface area contributed by atoms with Crippen LogP contribution in [0.25, 0.3) is 0 Å². The zero-order chi connectivity index (χ0) is 14.4. The quantitative estimate of drug-likeness (QED) is 0.589. The number of hydrogen-bond acceptors (Lipinski definition) is 5. The Bertz CT molecular complexity index is 528. The Morgan fingerprint density at radius 3 is 2.55 bits per heavy atom. The van der Waals surface area contributed by atoms with E-state index in [2.05, 4.69) is 0 Å². The minimum absolute atomic E-state index is 0.329. The molecule has 1 aliphatic rings. The van der Waals surface area contributed by atoms with E-state index in [1.807, 2.05) is 24.3 Å². The van der Waals surface area contributed by atoms with E-state index >= 15 is 0 Å². The molecule has 0 N–H and O–H groups in total. The molecule has 106 valence electrons. The number of methoxy groups -OCH3 is 2. The van der Waals surface area contributed by atoms with Crippen LogP contribution in [0.5, 0.6) is 5.75 Å². The van der Waals surface area contributed by atoms with Gasteiger partial charge in [0.25, 0.3) is 0 Å². The number of esters is 1. The van der Waals surface area contributed by atoms with E-state index in [9.17, 15) is 4.79 Å². The highest BCUT2D eigenvalue weighted by Crippen LogP contribution is 2.19. The Balaban J connectivity index is 1.81. The molecule has 5 nitrogen and oxygen atoms in total. The molecular formula is C15H16O5. The third-order valence-electron chi connectivity index (χ3n) is 2.74. The Kier molecular flexibility index (Phi) is 4.79. The zero-order valence-corrected chi connectivity index (χ0v) is 11.4. The summed E-state index contributed by atoms with van der Waals surface area (Å²) in [5.74, 6) is 1.20. The van der Waals surface area contributed by atoms with Gasteiger partial charge in [-0.2, -0.15) is 0 Å². The summed E-state index contributed by atoms with van der Waals surface area (Å²) in [5, 5.41) is 0. The monoisotopic (exact) mass is 276 g/mol. The summed E-state index contributed by atoms with van der Waals surface area (Å²) in [6.45, 7) is 0.795. The second-order valence-electron chi connectivity index (χ2n) is 4.07. The molecule has 0 radical (unpaired) electrons. The van der Waals surface area contributed by atoms with Crippen molar-refractivity contribution in [2.45, 2.75) is 6.61 Å². The molecule has 20 heavy (non-hydrogen) atoms. The van der Waals surface area contributed by atoms with E-state index in [0.29, 0.717) is 24.7 Å². The Hall–Kier alpha value is -2.27. The third kappa shape index (κ3) is 3.61. The van der Waals surface area contributed by atoms with Crippen LogP contribution in [0.2, 0.25) is 0 Å². The van der Waals surface area contributed by atoms with Gasteiger partial charge in [0, 0.05) is 0 Å². The van der Waals surface area contributed by atoms with Crippen LogP contribution >= 0.6 is 0 Å². The van der Waals surface area contributed by atoms with Crippen LogP contribution in [0.4, 0.5) is 0 Å². The average molecular weight is 276 g/mol. The molecule has 0 bridgehead atoms. The van der Waals surface area contributed by atoms with Gasteiger partial charge in [0.05, 0.1) is 33.5 Å². The number of carbonyl (C=O) groups is 1. The normalized spacial score (nSPS) is 16.0. The van der Waals surface area contributed by atoms with E-state index in [4.69, 9.17) is 18.9 Å². The fourth-order valence-electron chi connectivity index (χ4n) is 1.70. The van der Waals surface area contributed by atoms with Gasteiger partial charge < -0.3 is 18.9 Å². The number of cyclic esters (lactones) is 1. The summed E-state index contributed by atoms with van der Waals surface area (Å²) in [6.07, 6.45) is 2.97. The summed E-state index contributed by atoms with van der Waals surface area (Å²) in [6, 6.07) is 7.62. The van der Waals surface area contributed by atoms with Crippen molar-refractivity contribution in [1.82, 2.24) is 0 Å². The van der Waals surface area contributed by atoms with Crippen LogP contribution in [0.3, 0.4) is 0 Å². The first kappa shape index (κ1) is 14.1. The van der Waals surface area contributed by atoms with Crippen LogP contribution in [0.15, 0.2) is 47.9 Å². The summed E-state index contributed by atoms with van der Waals surface area (Å²) in [4.78, 5) is 11.1. The molecule has 1 aromatic carbocycles. The first-order chi connectivity index (χ1) is 9.72. The molecule has 0 aromatic heterocycles. The van der Waals surface area contributed by atoms with Crippen molar-refractivity contribution in [3.63, 3.8) is 0 Å². The van der Waals surface area contributed by atoms with E-state index in [1.54, 1.807) is 13.2 Å². The molecule has 0 spiro atoms. The molecular weight excluding hydrogens is 260 g/mol. The maximum absolute atomic E-state index is 11.1. The van der Waals surface area contributed by atoms with Gasteiger partial charge in [-0.05, 0) is 23.8 Å². The molecule has 0 fully saturated rings. The van der Waals surface area contributed by atoms with Gasteiger partial charge in [0.15, 0.2) is 11.5 Å². The van der Waals surface area contributed by atoms with Gasteiger partial charge in [-0.1, -0.05) is 12.1 Å². The number of carbonyl (C=O) groups excluding carboxylic acids is 1. The molecule has 0 saturated heterocycles. The maximum atomic E-state index is 11.1. The summed E-state index contributed by atoms with van der Waals surface area (Å²) in [7, 11) is 3.11. The molecule has 0 atom stereocenters. The highest BCUT2D eigenvalue weighted by atomic mass is 16.6. The minimum Gasteiger partial charge on any atom is -0.497 e. The van der Waals surface area contributed by atoms with Crippen LogP contribution in [-0.4, -0.2) is 26.8 Å². The van der Waals surface area contributed by atoms with Gasteiger partial charge in [-0.3, -0.25) is 0 Å². The van der Waals surface area contributed by atoms with Crippen molar-refractivity contribution < 1.29 is 23.7 Å². The number of ether oxygens (including phenoxy) is 4. The molecule has 0 aliphatic carbocycles. The van der Waals surface area contributed by atoms with Crippen molar-refractivity contribution in [2.75, 3.05) is 20.8 Å². The summed E-state index contributed by atoms with van der Waals surface area (Å²) >= 11 is 0. The molecule has 1 aromatic rings. The lowest BCUT2D eigenvalue weighted by atomic mass is 10.2. The van der Waals surface area contributed by atoms with Crippen LogP contribution in [-0.2, 0) is 25.6 Å². The molecule has 2 rings (SSSR count). The van der Waals surface area contributed by atoms with E-state index < -0.39 is 5.97 Å². The van der Waals surface area contributed by atoms with Crippen LogP contribution in [0, 0.1) is 0 Å². The smallest absolute Gasteiger partial charge is 0.340 e. The second kappa shape index (κ2) is 6.77. The van der Waals surface area contributed by atoms with Crippen molar-refractivity contribution in [2.24, 2.45) is 0 Å². The molecule has 1 heterocycles. The number of hydrogen-bond donors (Lipinski definition) is 0. The van der Waals surface area contributed by atoms with Crippen molar-refractivity contribution in [1.29, 1.82) is 0 Å². The van der Waals surface area contributed by atoms with Crippen LogP contribution < -0.4 is 4.74 Å². The number of benzene rings is 1. The highest BCUT2D eigenvalue weighted by Gasteiger charge is 2.20. The predicted molar refractivity (Wildman–Crippen MR) is 71.9 cm³/mol. The van der Waals surface area contributed by atoms with Crippen molar-refractivity contribution in [3.8, 4) is 5.75 Å². The summed E-state index contributed by atoms with van der Waals surface area (Å²) < 4.78 is 20.5. The van der Waals surface area contributed by atoms with Crippen molar-refractivity contribution >= 4 is 5.97 Å². The molecule has 5 heteroatoms. The van der Waals surface area contributed by atoms with E-state index in [0.717, 1.165) is 11.3 Å². The minimum atomic E-state index is -0.428. The standard InChI is InChI=1S/C15H16O5/c1-17-12-5-3-11(4-6-12)10-19-8-7-13-14(18-2)9-15(16)20-13/h3-7,9H,8,10H2,1-2H3/b13-7+. The average Bonchev–Trinajstić information content (AvgIpc) is 2.84.